The van der Waals surface area contributed by atoms with Crippen molar-refractivity contribution in [3.8, 4) is 11.5 Å². The smallest absolute Gasteiger partial charge is 0.161 e. The zero-order valence-electron chi connectivity index (χ0n) is 12.5. The van der Waals surface area contributed by atoms with E-state index < -0.39 is 0 Å². The molecule has 0 radical (unpaired) electrons. The standard InChI is InChI=1S/C17H20BrNO2/c1-12(2)21-16-9-4-13(10-17(16)20-3)11-19-15-7-5-14(18)6-8-15/h4-10,12,19H,11H2,1-3H3. The summed E-state index contributed by atoms with van der Waals surface area (Å²) in [6, 6.07) is 14.1. The Bertz CT molecular complexity index is 582. The Balaban J connectivity index is 2.05. The normalized spacial score (nSPS) is 10.5. The van der Waals surface area contributed by atoms with E-state index in [2.05, 4.69) is 21.2 Å². The Labute approximate surface area is 134 Å². The van der Waals surface area contributed by atoms with Crippen molar-refractivity contribution in [3.05, 3.63) is 52.5 Å². The van der Waals surface area contributed by atoms with Gasteiger partial charge >= 0.3 is 0 Å². The molecule has 2 rings (SSSR count). The van der Waals surface area contributed by atoms with Gasteiger partial charge in [-0.25, -0.2) is 0 Å². The highest BCUT2D eigenvalue weighted by Crippen LogP contribution is 2.29. The summed E-state index contributed by atoms with van der Waals surface area (Å²) in [5.74, 6) is 1.54. The predicted octanol–water partition coefficient (Wildman–Crippen LogP) is 4.86. The maximum Gasteiger partial charge on any atom is 0.161 e. The van der Waals surface area contributed by atoms with Crippen LogP contribution in [0.1, 0.15) is 19.4 Å². The Morgan fingerprint density at radius 3 is 2.38 bits per heavy atom. The second kappa shape index (κ2) is 7.36. The summed E-state index contributed by atoms with van der Waals surface area (Å²) in [6.45, 7) is 4.74. The molecule has 0 saturated carbocycles. The molecule has 0 atom stereocenters. The van der Waals surface area contributed by atoms with Crippen molar-refractivity contribution in [2.24, 2.45) is 0 Å². The van der Waals surface area contributed by atoms with Crippen LogP contribution in [0.25, 0.3) is 0 Å². The van der Waals surface area contributed by atoms with E-state index in [1.165, 1.54) is 0 Å². The highest BCUT2D eigenvalue weighted by atomic mass is 79.9. The van der Waals surface area contributed by atoms with E-state index in [4.69, 9.17) is 9.47 Å². The molecule has 4 heteroatoms. The molecule has 0 bridgehead atoms. The number of methoxy groups -OCH3 is 1. The lowest BCUT2D eigenvalue weighted by molar-refractivity contribution is 0.230. The van der Waals surface area contributed by atoms with Gasteiger partial charge in [0.1, 0.15) is 0 Å². The maximum absolute atomic E-state index is 5.72. The Hall–Kier alpha value is -1.68. The van der Waals surface area contributed by atoms with Crippen molar-refractivity contribution < 1.29 is 9.47 Å². The van der Waals surface area contributed by atoms with Gasteiger partial charge in [0, 0.05) is 16.7 Å². The molecule has 3 nitrogen and oxygen atoms in total. The van der Waals surface area contributed by atoms with Crippen LogP contribution in [0.5, 0.6) is 11.5 Å². The number of nitrogens with one attached hydrogen (secondary N) is 1. The van der Waals surface area contributed by atoms with Crippen LogP contribution in [-0.2, 0) is 6.54 Å². The molecule has 0 saturated heterocycles. The van der Waals surface area contributed by atoms with Gasteiger partial charge in [-0.3, -0.25) is 0 Å². The van der Waals surface area contributed by atoms with Gasteiger partial charge in [0.2, 0.25) is 0 Å². The molecular weight excluding hydrogens is 330 g/mol. The molecule has 0 spiro atoms. The molecule has 0 aliphatic heterocycles. The number of hydrogen-bond donors (Lipinski definition) is 1. The molecule has 0 aromatic heterocycles. The summed E-state index contributed by atoms with van der Waals surface area (Å²) < 4.78 is 12.2. The lowest BCUT2D eigenvalue weighted by atomic mass is 10.2. The van der Waals surface area contributed by atoms with Crippen molar-refractivity contribution in [2.75, 3.05) is 12.4 Å². The summed E-state index contributed by atoms with van der Waals surface area (Å²) in [7, 11) is 1.66. The minimum atomic E-state index is 0.130. The molecule has 0 aliphatic rings. The van der Waals surface area contributed by atoms with Gasteiger partial charge in [-0.05, 0) is 55.8 Å². The van der Waals surface area contributed by atoms with Gasteiger partial charge in [-0.15, -0.1) is 0 Å². The number of rotatable bonds is 6. The first-order valence-corrected chi connectivity index (χ1v) is 7.71. The second-order valence-corrected chi connectivity index (χ2v) is 5.93. The van der Waals surface area contributed by atoms with Crippen LogP contribution in [0, 0.1) is 0 Å². The van der Waals surface area contributed by atoms with Crippen molar-refractivity contribution in [1.82, 2.24) is 0 Å². The quantitative estimate of drug-likeness (QED) is 0.807. The van der Waals surface area contributed by atoms with E-state index in [-0.39, 0.29) is 6.10 Å². The molecule has 0 unspecified atom stereocenters. The average Bonchev–Trinajstić information content (AvgIpc) is 2.47. The van der Waals surface area contributed by atoms with Gasteiger partial charge in [-0.2, -0.15) is 0 Å². The number of ether oxygens (including phenoxy) is 2. The van der Waals surface area contributed by atoms with Crippen LogP contribution in [-0.4, -0.2) is 13.2 Å². The van der Waals surface area contributed by atoms with Crippen LogP contribution in [0.15, 0.2) is 46.9 Å². The molecule has 21 heavy (non-hydrogen) atoms. The van der Waals surface area contributed by atoms with Gasteiger partial charge in [0.15, 0.2) is 11.5 Å². The lowest BCUT2D eigenvalue weighted by Gasteiger charge is -2.15. The number of benzene rings is 2. The summed E-state index contributed by atoms with van der Waals surface area (Å²) in [5, 5.41) is 3.38. The van der Waals surface area contributed by atoms with Crippen LogP contribution >= 0.6 is 15.9 Å². The van der Waals surface area contributed by atoms with E-state index in [9.17, 15) is 0 Å². The molecule has 2 aromatic rings. The largest absolute Gasteiger partial charge is 0.493 e. The van der Waals surface area contributed by atoms with Crippen molar-refractivity contribution in [2.45, 2.75) is 26.5 Å². The summed E-state index contributed by atoms with van der Waals surface area (Å²) in [4.78, 5) is 0. The predicted molar refractivity (Wildman–Crippen MR) is 90.2 cm³/mol. The number of halogens is 1. The fourth-order valence-corrected chi connectivity index (χ4v) is 2.21. The monoisotopic (exact) mass is 349 g/mol. The third-order valence-electron chi connectivity index (χ3n) is 2.93. The second-order valence-electron chi connectivity index (χ2n) is 5.01. The summed E-state index contributed by atoms with van der Waals surface area (Å²) in [6.07, 6.45) is 0.130. The average molecular weight is 350 g/mol. The van der Waals surface area contributed by atoms with Gasteiger partial charge < -0.3 is 14.8 Å². The third-order valence-corrected chi connectivity index (χ3v) is 3.46. The Morgan fingerprint density at radius 2 is 1.76 bits per heavy atom. The number of hydrogen-bond acceptors (Lipinski definition) is 3. The van der Waals surface area contributed by atoms with E-state index in [0.717, 1.165) is 33.8 Å². The summed E-state index contributed by atoms with van der Waals surface area (Å²) >= 11 is 3.43. The minimum absolute atomic E-state index is 0.130. The van der Waals surface area contributed by atoms with Crippen LogP contribution in [0.2, 0.25) is 0 Å². The van der Waals surface area contributed by atoms with Gasteiger partial charge in [0.25, 0.3) is 0 Å². The highest BCUT2D eigenvalue weighted by molar-refractivity contribution is 9.10. The fourth-order valence-electron chi connectivity index (χ4n) is 1.95. The van der Waals surface area contributed by atoms with E-state index in [0.29, 0.717) is 0 Å². The van der Waals surface area contributed by atoms with Gasteiger partial charge in [0.05, 0.1) is 13.2 Å². The Kier molecular flexibility index (Phi) is 5.51. The molecule has 1 N–H and O–H groups in total. The molecule has 112 valence electrons. The number of anilines is 1. The SMILES string of the molecule is COc1cc(CNc2ccc(Br)cc2)ccc1OC(C)C. The Morgan fingerprint density at radius 1 is 1.05 bits per heavy atom. The molecule has 0 heterocycles. The van der Waals surface area contributed by atoms with Gasteiger partial charge in [-0.1, -0.05) is 22.0 Å². The highest BCUT2D eigenvalue weighted by Gasteiger charge is 2.07. The van der Waals surface area contributed by atoms with Crippen molar-refractivity contribution >= 4 is 21.6 Å². The first-order valence-electron chi connectivity index (χ1n) is 6.91. The van der Waals surface area contributed by atoms with E-state index in [1.54, 1.807) is 7.11 Å². The molecule has 0 fully saturated rings. The van der Waals surface area contributed by atoms with E-state index in [1.807, 2.05) is 56.3 Å². The summed E-state index contributed by atoms with van der Waals surface area (Å²) in [5.41, 5.74) is 2.23. The maximum atomic E-state index is 5.72. The van der Waals surface area contributed by atoms with Crippen LogP contribution in [0.4, 0.5) is 5.69 Å². The zero-order valence-corrected chi connectivity index (χ0v) is 14.1. The molecule has 0 aliphatic carbocycles. The molecule has 2 aromatic carbocycles. The lowest BCUT2D eigenvalue weighted by Crippen LogP contribution is -2.07. The van der Waals surface area contributed by atoms with Crippen molar-refractivity contribution in [1.29, 1.82) is 0 Å². The topological polar surface area (TPSA) is 30.5 Å². The minimum Gasteiger partial charge on any atom is -0.493 e. The van der Waals surface area contributed by atoms with Crippen molar-refractivity contribution in [3.63, 3.8) is 0 Å². The molecule has 0 amide bonds. The first kappa shape index (κ1) is 15.7. The third kappa shape index (κ3) is 4.67. The first-order chi connectivity index (χ1) is 10.1. The zero-order chi connectivity index (χ0) is 15.2. The van der Waals surface area contributed by atoms with E-state index >= 15 is 0 Å². The fraction of sp³-hybridized carbons (Fsp3) is 0.294. The molecular formula is C17H20BrNO2. The van der Waals surface area contributed by atoms with Crippen LogP contribution in [0.3, 0.4) is 0 Å². The van der Waals surface area contributed by atoms with Crippen LogP contribution < -0.4 is 14.8 Å².